The average Bonchev–Trinajstić information content (AvgIpc) is 2.77. The topological polar surface area (TPSA) is 119 Å². The van der Waals surface area contributed by atoms with Crippen molar-refractivity contribution in [2.24, 2.45) is 11.5 Å². The van der Waals surface area contributed by atoms with Gasteiger partial charge in [-0.05, 0) is 18.6 Å². The molecule has 166 valence electrons. The molecule has 1 aliphatic heterocycles. The fourth-order valence-electron chi connectivity index (χ4n) is 3.59. The van der Waals surface area contributed by atoms with Crippen LogP contribution in [0.4, 0.5) is 0 Å². The number of carbonyl (C=O) groups is 2. The number of hydrogen-bond donors (Lipinski definition) is 5. The van der Waals surface area contributed by atoms with Crippen molar-refractivity contribution in [3.05, 3.63) is 64.7 Å². The van der Waals surface area contributed by atoms with E-state index in [0.717, 1.165) is 23.1 Å². The number of benzene rings is 2. The zero-order valence-corrected chi connectivity index (χ0v) is 18.5. The smallest absolute Gasteiger partial charge is 0.255 e. The quantitative estimate of drug-likeness (QED) is 0.377. The summed E-state index contributed by atoms with van der Waals surface area (Å²) >= 11 is 4.22. The molecular weight excluding hydrogens is 412 g/mol. The van der Waals surface area contributed by atoms with Crippen molar-refractivity contribution in [2.45, 2.75) is 37.9 Å². The molecule has 0 saturated carbocycles. The van der Waals surface area contributed by atoms with Crippen molar-refractivity contribution in [3.8, 4) is 5.75 Å². The third-order valence-corrected chi connectivity index (χ3v) is 5.86. The number of para-hydroxylation sites is 1. The van der Waals surface area contributed by atoms with Gasteiger partial charge in [0.05, 0.1) is 12.2 Å². The second-order valence-electron chi connectivity index (χ2n) is 7.88. The Morgan fingerprint density at radius 1 is 1.23 bits per heavy atom. The van der Waals surface area contributed by atoms with Gasteiger partial charge in [0.2, 0.25) is 5.91 Å². The molecule has 0 aliphatic carbocycles. The summed E-state index contributed by atoms with van der Waals surface area (Å²) in [5.74, 6) is 0.142. The first-order chi connectivity index (χ1) is 14.9. The van der Waals surface area contributed by atoms with E-state index < -0.39 is 11.9 Å². The Morgan fingerprint density at radius 3 is 2.65 bits per heavy atom. The zero-order chi connectivity index (χ0) is 22.4. The van der Waals surface area contributed by atoms with Gasteiger partial charge in [0.15, 0.2) is 0 Å². The second-order valence-corrected chi connectivity index (χ2v) is 8.25. The number of fused-ring (bicyclic) bond motifs is 1. The van der Waals surface area contributed by atoms with Gasteiger partial charge < -0.3 is 26.8 Å². The van der Waals surface area contributed by atoms with Crippen LogP contribution < -0.4 is 26.8 Å². The summed E-state index contributed by atoms with van der Waals surface area (Å²) in [4.78, 5) is 25.0. The first kappa shape index (κ1) is 23.1. The monoisotopic (exact) mass is 442 g/mol. The maximum Gasteiger partial charge on any atom is 0.255 e. The van der Waals surface area contributed by atoms with Crippen molar-refractivity contribution < 1.29 is 14.3 Å². The lowest BCUT2D eigenvalue weighted by Crippen LogP contribution is -2.46. The highest BCUT2D eigenvalue weighted by atomic mass is 32.1. The van der Waals surface area contributed by atoms with E-state index in [1.54, 1.807) is 6.07 Å². The van der Waals surface area contributed by atoms with Crippen LogP contribution in [0.2, 0.25) is 0 Å². The molecule has 0 radical (unpaired) electrons. The maximum atomic E-state index is 13.0. The molecule has 0 saturated heterocycles. The lowest BCUT2D eigenvalue weighted by molar-refractivity contribution is -0.119. The molecule has 0 spiro atoms. The Morgan fingerprint density at radius 2 is 1.97 bits per heavy atom. The summed E-state index contributed by atoms with van der Waals surface area (Å²) in [6, 6.07) is 12.4. The van der Waals surface area contributed by atoms with E-state index in [4.69, 9.17) is 16.2 Å². The maximum absolute atomic E-state index is 13.0. The van der Waals surface area contributed by atoms with Crippen molar-refractivity contribution >= 4 is 24.4 Å². The van der Waals surface area contributed by atoms with Gasteiger partial charge >= 0.3 is 0 Å². The van der Waals surface area contributed by atoms with Gasteiger partial charge in [-0.25, -0.2) is 0 Å². The minimum atomic E-state index is -0.822. The lowest BCUT2D eigenvalue weighted by Gasteiger charge is -2.29. The summed E-state index contributed by atoms with van der Waals surface area (Å²) in [6.07, 6.45) is 1.09. The first-order valence-electron chi connectivity index (χ1n) is 10.4. The molecule has 0 bridgehead atoms. The Balaban J connectivity index is 1.76. The molecule has 0 fully saturated rings. The Hall–Kier alpha value is -2.55. The minimum absolute atomic E-state index is 0.0296. The number of ether oxygens (including phenoxy) is 1. The first-order valence-corrected chi connectivity index (χ1v) is 11.0. The van der Waals surface area contributed by atoms with Crippen LogP contribution in [0.5, 0.6) is 5.75 Å². The molecule has 1 unspecified atom stereocenters. The van der Waals surface area contributed by atoms with E-state index in [0.29, 0.717) is 36.6 Å². The van der Waals surface area contributed by atoms with E-state index in [2.05, 4.69) is 23.3 Å². The number of thiol groups is 1. The highest BCUT2D eigenvalue weighted by Gasteiger charge is 2.28. The predicted molar refractivity (Wildman–Crippen MR) is 124 cm³/mol. The van der Waals surface area contributed by atoms with Crippen molar-refractivity contribution in [2.75, 3.05) is 18.9 Å². The third-order valence-electron chi connectivity index (χ3n) is 5.39. The van der Waals surface area contributed by atoms with Gasteiger partial charge in [0, 0.05) is 42.8 Å². The number of primary amides is 1. The van der Waals surface area contributed by atoms with Gasteiger partial charge in [-0.3, -0.25) is 9.59 Å². The third kappa shape index (κ3) is 6.00. The van der Waals surface area contributed by atoms with E-state index in [1.165, 1.54) is 0 Å². The van der Waals surface area contributed by atoms with Gasteiger partial charge in [-0.15, -0.1) is 0 Å². The summed E-state index contributed by atoms with van der Waals surface area (Å²) in [5.41, 5.74) is 14.9. The molecule has 6 N–H and O–H groups in total. The normalized spacial score (nSPS) is 17.2. The van der Waals surface area contributed by atoms with E-state index in [-0.39, 0.29) is 18.0 Å². The molecule has 31 heavy (non-hydrogen) atoms. The predicted octanol–water partition coefficient (Wildman–Crippen LogP) is 1.49. The Labute approximate surface area is 188 Å². The minimum Gasteiger partial charge on any atom is -0.492 e. The van der Waals surface area contributed by atoms with Gasteiger partial charge in [-0.1, -0.05) is 42.0 Å². The molecule has 0 aromatic heterocycles. The highest BCUT2D eigenvalue weighted by molar-refractivity contribution is 7.80. The molecule has 2 aromatic rings. The van der Waals surface area contributed by atoms with Gasteiger partial charge in [0.1, 0.15) is 11.8 Å². The van der Waals surface area contributed by atoms with Gasteiger partial charge in [0.25, 0.3) is 5.91 Å². The number of amides is 2. The molecule has 2 amide bonds. The summed E-state index contributed by atoms with van der Waals surface area (Å²) in [7, 11) is 0. The van der Waals surface area contributed by atoms with Gasteiger partial charge in [-0.2, -0.15) is 12.6 Å². The number of carbonyl (C=O) groups excluding carboxylic acids is 2. The molecule has 1 heterocycles. The molecule has 1 aliphatic rings. The SMILES string of the molecule is Cc1ccc(C[C@H](NC(=O)c2cccc3c2OCCC3NC[C@@H](N)CS)C(N)=O)cc1. The van der Waals surface area contributed by atoms with Crippen LogP contribution in [0, 0.1) is 6.92 Å². The van der Waals surface area contributed by atoms with E-state index >= 15 is 0 Å². The number of rotatable bonds is 9. The fraction of sp³-hybridized carbons (Fsp3) is 0.391. The fourth-order valence-corrected chi connectivity index (χ4v) is 3.72. The zero-order valence-electron chi connectivity index (χ0n) is 17.6. The molecule has 2 aromatic carbocycles. The van der Waals surface area contributed by atoms with Crippen LogP contribution in [-0.4, -0.2) is 42.8 Å². The van der Waals surface area contributed by atoms with Crippen LogP contribution >= 0.6 is 12.6 Å². The molecule has 7 nitrogen and oxygen atoms in total. The highest BCUT2D eigenvalue weighted by Crippen LogP contribution is 2.35. The van der Waals surface area contributed by atoms with Crippen LogP contribution in [0.15, 0.2) is 42.5 Å². The molecule has 3 rings (SSSR count). The lowest BCUT2D eigenvalue weighted by atomic mass is 9.96. The van der Waals surface area contributed by atoms with E-state index in [9.17, 15) is 9.59 Å². The number of nitrogens with one attached hydrogen (secondary N) is 2. The van der Waals surface area contributed by atoms with Crippen LogP contribution in [-0.2, 0) is 11.2 Å². The molecule has 8 heteroatoms. The summed E-state index contributed by atoms with van der Waals surface area (Å²) < 4.78 is 5.85. The Kier molecular flexibility index (Phi) is 7.95. The molecule has 3 atom stereocenters. The van der Waals surface area contributed by atoms with E-state index in [1.807, 2.05) is 43.3 Å². The standard InChI is InChI=1S/C23H30N4O3S/c1-14-5-7-15(8-6-14)11-20(22(25)28)27-23(29)18-4-2-3-17-19(9-10-30-21(17)18)26-12-16(24)13-31/h2-8,16,19-20,26,31H,9-13,24H2,1H3,(H2,25,28)(H,27,29)/t16-,19?,20+/m1/s1. The average molecular weight is 443 g/mol. The van der Waals surface area contributed by atoms with Crippen LogP contribution in [0.25, 0.3) is 0 Å². The number of hydrogen-bond acceptors (Lipinski definition) is 6. The summed E-state index contributed by atoms with van der Waals surface area (Å²) in [5, 5.41) is 6.21. The Bertz CT molecular complexity index is 920. The summed E-state index contributed by atoms with van der Waals surface area (Å²) in [6.45, 7) is 3.09. The second kappa shape index (κ2) is 10.7. The van der Waals surface area contributed by atoms with Crippen molar-refractivity contribution in [3.63, 3.8) is 0 Å². The van der Waals surface area contributed by atoms with Crippen LogP contribution in [0.1, 0.15) is 39.5 Å². The van der Waals surface area contributed by atoms with Crippen LogP contribution in [0.3, 0.4) is 0 Å². The van der Waals surface area contributed by atoms with Crippen molar-refractivity contribution in [1.82, 2.24) is 10.6 Å². The van der Waals surface area contributed by atoms with Crippen molar-refractivity contribution in [1.29, 1.82) is 0 Å². The largest absolute Gasteiger partial charge is 0.492 e. The number of aryl methyl sites for hydroxylation is 1. The molecular formula is C23H30N4O3S. The number of nitrogens with two attached hydrogens (primary N) is 2.